The maximum Gasteiger partial charge on any atom is 0.222 e. The van der Waals surface area contributed by atoms with Crippen molar-refractivity contribution < 1.29 is 4.79 Å². The molecule has 0 unspecified atom stereocenters. The molecule has 23 heavy (non-hydrogen) atoms. The number of nitrogens with zero attached hydrogens (tertiary/aromatic N) is 3. The van der Waals surface area contributed by atoms with Crippen molar-refractivity contribution in [1.29, 1.82) is 0 Å². The zero-order valence-electron chi connectivity index (χ0n) is 13.2. The van der Waals surface area contributed by atoms with Gasteiger partial charge >= 0.3 is 0 Å². The second-order valence-corrected chi connectivity index (χ2v) is 6.31. The van der Waals surface area contributed by atoms with E-state index in [1.807, 2.05) is 53.7 Å². The number of hydrogen-bond acceptors (Lipinski definition) is 2. The third-order valence-corrected chi connectivity index (χ3v) is 4.55. The first-order valence-electron chi connectivity index (χ1n) is 8.11. The highest BCUT2D eigenvalue weighted by atomic mass is 35.5. The molecular formula is C18H22ClN3O. The lowest BCUT2D eigenvalue weighted by atomic mass is 10.2. The van der Waals surface area contributed by atoms with Gasteiger partial charge in [-0.15, -0.1) is 0 Å². The summed E-state index contributed by atoms with van der Waals surface area (Å²) in [6.07, 6.45) is 5.59. The van der Waals surface area contributed by atoms with Crippen molar-refractivity contribution in [3.05, 3.63) is 53.8 Å². The van der Waals surface area contributed by atoms with Crippen molar-refractivity contribution in [2.45, 2.75) is 19.4 Å². The zero-order chi connectivity index (χ0) is 16.1. The van der Waals surface area contributed by atoms with E-state index in [1.54, 1.807) is 0 Å². The van der Waals surface area contributed by atoms with Crippen LogP contribution < -0.4 is 4.90 Å². The topological polar surface area (TPSA) is 28.5 Å². The molecule has 122 valence electrons. The molecule has 1 aliphatic heterocycles. The maximum absolute atomic E-state index is 12.3. The summed E-state index contributed by atoms with van der Waals surface area (Å²) in [5.41, 5.74) is 1.18. The number of benzene rings is 1. The molecule has 2 aromatic rings. The fraction of sp³-hybridized carbons (Fsp3) is 0.389. The molecule has 0 N–H and O–H groups in total. The third kappa shape index (κ3) is 4.29. The Morgan fingerprint density at radius 3 is 2.30 bits per heavy atom. The van der Waals surface area contributed by atoms with E-state index in [0.717, 1.165) is 44.2 Å². The molecule has 1 saturated heterocycles. The molecule has 1 aliphatic rings. The SMILES string of the molecule is O=C(CCCn1cccc1)N1CCN(c2ccc(Cl)cc2)CC1. The third-order valence-electron chi connectivity index (χ3n) is 4.30. The van der Waals surface area contributed by atoms with Gasteiger partial charge in [0.25, 0.3) is 0 Å². The summed E-state index contributed by atoms with van der Waals surface area (Å²) in [4.78, 5) is 16.6. The molecule has 0 atom stereocenters. The molecule has 1 fully saturated rings. The van der Waals surface area contributed by atoms with Crippen molar-refractivity contribution in [2.75, 3.05) is 31.1 Å². The predicted molar refractivity (Wildman–Crippen MR) is 93.9 cm³/mol. The summed E-state index contributed by atoms with van der Waals surface area (Å²) in [6.45, 7) is 4.26. The molecule has 0 spiro atoms. The van der Waals surface area contributed by atoms with Crippen molar-refractivity contribution in [1.82, 2.24) is 9.47 Å². The Morgan fingerprint density at radius 2 is 1.65 bits per heavy atom. The first-order chi connectivity index (χ1) is 11.2. The molecule has 0 aliphatic carbocycles. The Hall–Kier alpha value is -1.94. The predicted octanol–water partition coefficient (Wildman–Crippen LogP) is 3.27. The van der Waals surface area contributed by atoms with Crippen LogP contribution in [0.1, 0.15) is 12.8 Å². The summed E-state index contributed by atoms with van der Waals surface area (Å²) in [5.74, 6) is 0.271. The largest absolute Gasteiger partial charge is 0.368 e. The molecule has 1 aromatic carbocycles. The van der Waals surface area contributed by atoms with Gasteiger partial charge in [-0.2, -0.15) is 0 Å². The number of carbonyl (C=O) groups is 1. The minimum Gasteiger partial charge on any atom is -0.368 e. The Balaban J connectivity index is 1.43. The second kappa shape index (κ2) is 7.55. The second-order valence-electron chi connectivity index (χ2n) is 5.87. The van der Waals surface area contributed by atoms with Gasteiger partial charge in [-0.25, -0.2) is 0 Å². The van der Waals surface area contributed by atoms with E-state index < -0.39 is 0 Å². The number of halogens is 1. The summed E-state index contributed by atoms with van der Waals surface area (Å²) >= 11 is 5.93. The molecule has 3 rings (SSSR count). The van der Waals surface area contributed by atoms with Crippen LogP contribution in [0.25, 0.3) is 0 Å². The Kier molecular flexibility index (Phi) is 5.23. The highest BCUT2D eigenvalue weighted by Gasteiger charge is 2.20. The van der Waals surface area contributed by atoms with E-state index in [4.69, 9.17) is 11.6 Å². The van der Waals surface area contributed by atoms with Crippen LogP contribution in [0, 0.1) is 0 Å². The average molecular weight is 332 g/mol. The quantitative estimate of drug-likeness (QED) is 0.841. The van der Waals surface area contributed by atoms with Crippen LogP contribution in [-0.4, -0.2) is 41.6 Å². The normalized spacial score (nSPS) is 15.0. The molecule has 1 aromatic heterocycles. The van der Waals surface area contributed by atoms with Crippen molar-refractivity contribution in [3.63, 3.8) is 0 Å². The first-order valence-corrected chi connectivity index (χ1v) is 8.49. The number of anilines is 1. The highest BCUT2D eigenvalue weighted by molar-refractivity contribution is 6.30. The van der Waals surface area contributed by atoms with E-state index in [-0.39, 0.29) is 5.91 Å². The number of amides is 1. The van der Waals surface area contributed by atoms with Gasteiger partial charge in [-0.05, 0) is 42.8 Å². The molecule has 2 heterocycles. The summed E-state index contributed by atoms with van der Waals surface area (Å²) < 4.78 is 2.12. The zero-order valence-corrected chi connectivity index (χ0v) is 14.0. The average Bonchev–Trinajstić information content (AvgIpc) is 3.09. The monoisotopic (exact) mass is 331 g/mol. The highest BCUT2D eigenvalue weighted by Crippen LogP contribution is 2.19. The minimum absolute atomic E-state index is 0.271. The molecule has 4 nitrogen and oxygen atoms in total. The smallest absolute Gasteiger partial charge is 0.222 e. The van der Waals surface area contributed by atoms with E-state index >= 15 is 0 Å². The molecule has 1 amide bonds. The van der Waals surface area contributed by atoms with Gasteiger partial charge < -0.3 is 14.4 Å². The number of rotatable bonds is 5. The first kappa shape index (κ1) is 15.9. The van der Waals surface area contributed by atoms with Crippen LogP contribution in [0.15, 0.2) is 48.8 Å². The molecule has 5 heteroatoms. The van der Waals surface area contributed by atoms with Crippen LogP contribution >= 0.6 is 11.6 Å². The summed E-state index contributed by atoms with van der Waals surface area (Å²) in [5, 5.41) is 0.755. The number of hydrogen-bond donors (Lipinski definition) is 0. The number of carbonyl (C=O) groups excluding carboxylic acids is 1. The fourth-order valence-corrected chi connectivity index (χ4v) is 3.08. The number of piperazine rings is 1. The molecule has 0 radical (unpaired) electrons. The Bertz CT molecular complexity index is 616. The Morgan fingerprint density at radius 1 is 1.00 bits per heavy atom. The van der Waals surface area contributed by atoms with Crippen LogP contribution in [0.3, 0.4) is 0 Å². The van der Waals surface area contributed by atoms with Gasteiger partial charge in [-0.1, -0.05) is 11.6 Å². The van der Waals surface area contributed by atoms with Gasteiger partial charge in [0.2, 0.25) is 5.91 Å². The van der Waals surface area contributed by atoms with E-state index in [1.165, 1.54) is 5.69 Å². The van der Waals surface area contributed by atoms with Crippen molar-refractivity contribution in [3.8, 4) is 0 Å². The lowest BCUT2D eigenvalue weighted by Gasteiger charge is -2.36. The van der Waals surface area contributed by atoms with E-state index in [9.17, 15) is 4.79 Å². The Labute approximate surface area is 142 Å². The van der Waals surface area contributed by atoms with Gasteiger partial charge in [0, 0.05) is 62.2 Å². The lowest BCUT2D eigenvalue weighted by molar-refractivity contribution is -0.131. The fourth-order valence-electron chi connectivity index (χ4n) is 2.96. The van der Waals surface area contributed by atoms with Gasteiger partial charge in [0.15, 0.2) is 0 Å². The van der Waals surface area contributed by atoms with Crippen molar-refractivity contribution >= 4 is 23.2 Å². The van der Waals surface area contributed by atoms with Crippen LogP contribution in [-0.2, 0) is 11.3 Å². The number of aryl methyl sites for hydroxylation is 1. The van der Waals surface area contributed by atoms with Crippen LogP contribution in [0.5, 0.6) is 0 Å². The summed E-state index contributed by atoms with van der Waals surface area (Å²) in [6, 6.07) is 11.9. The van der Waals surface area contributed by atoms with Crippen molar-refractivity contribution in [2.24, 2.45) is 0 Å². The minimum atomic E-state index is 0.271. The lowest BCUT2D eigenvalue weighted by Crippen LogP contribution is -2.48. The van der Waals surface area contributed by atoms with Crippen LogP contribution in [0.4, 0.5) is 5.69 Å². The number of aromatic nitrogens is 1. The standard InChI is InChI=1S/C18H22ClN3O/c19-16-5-7-17(8-6-16)21-12-14-22(15-13-21)18(23)4-3-11-20-9-1-2-10-20/h1-2,5-10H,3-4,11-15H2. The molecular weight excluding hydrogens is 310 g/mol. The molecule has 0 saturated carbocycles. The van der Waals surface area contributed by atoms with E-state index in [2.05, 4.69) is 9.47 Å². The van der Waals surface area contributed by atoms with Gasteiger partial charge in [0.05, 0.1) is 0 Å². The van der Waals surface area contributed by atoms with Gasteiger partial charge in [0.1, 0.15) is 0 Å². The maximum atomic E-state index is 12.3. The van der Waals surface area contributed by atoms with E-state index in [0.29, 0.717) is 6.42 Å². The van der Waals surface area contributed by atoms with Gasteiger partial charge in [-0.3, -0.25) is 4.79 Å². The summed E-state index contributed by atoms with van der Waals surface area (Å²) in [7, 11) is 0. The van der Waals surface area contributed by atoms with Crippen LogP contribution in [0.2, 0.25) is 5.02 Å². The molecule has 0 bridgehead atoms.